The monoisotopic (exact) mass is 229 g/mol. The average Bonchev–Trinajstić information content (AvgIpc) is 2.09. The molecule has 0 aromatic heterocycles. The molecule has 12 heavy (non-hydrogen) atoms. The second-order valence-electron chi connectivity index (χ2n) is 2.53. The van der Waals surface area contributed by atoms with Gasteiger partial charge in [0.2, 0.25) is 0 Å². The van der Waals surface area contributed by atoms with Gasteiger partial charge in [-0.05, 0) is 17.7 Å². The Hall–Kier alpha value is -0.380. The number of hydrogen-bond acceptors (Lipinski definition) is 2. The van der Waals surface area contributed by atoms with Gasteiger partial charge in [-0.25, -0.2) is 0 Å². The summed E-state index contributed by atoms with van der Waals surface area (Å²) in [7, 11) is 0. The smallest absolute Gasteiger partial charge is 0.0556 e. The van der Waals surface area contributed by atoms with Gasteiger partial charge in [-0.2, -0.15) is 0 Å². The summed E-state index contributed by atoms with van der Waals surface area (Å²) in [5, 5.41) is 11.6. The van der Waals surface area contributed by atoms with Crippen LogP contribution < -0.4 is 5.32 Å². The number of nitrogens with one attached hydrogen (secondary N) is 1. The number of hydrogen-bond donors (Lipinski definition) is 2. The van der Waals surface area contributed by atoms with E-state index in [-0.39, 0.29) is 6.61 Å². The number of rotatable bonds is 4. The summed E-state index contributed by atoms with van der Waals surface area (Å²) >= 11 is 3.37. The van der Waals surface area contributed by atoms with Crippen molar-refractivity contribution in [3.63, 3.8) is 0 Å². The summed E-state index contributed by atoms with van der Waals surface area (Å²) in [6.07, 6.45) is 0. The summed E-state index contributed by atoms with van der Waals surface area (Å²) in [5.41, 5.74) is 1.23. The fraction of sp³-hybridized carbons (Fsp3) is 0.333. The highest BCUT2D eigenvalue weighted by molar-refractivity contribution is 9.10. The van der Waals surface area contributed by atoms with E-state index in [4.69, 9.17) is 5.11 Å². The molecule has 0 aliphatic rings. The first-order valence-electron chi connectivity index (χ1n) is 3.89. The minimum atomic E-state index is 0.191. The van der Waals surface area contributed by atoms with Gasteiger partial charge in [-0.15, -0.1) is 0 Å². The SMILES string of the molecule is OCCNCc1ccc(Br)cc1. The number of halogens is 1. The van der Waals surface area contributed by atoms with Crippen LogP contribution in [0.15, 0.2) is 28.7 Å². The first-order valence-corrected chi connectivity index (χ1v) is 4.68. The van der Waals surface area contributed by atoms with Gasteiger partial charge in [0.15, 0.2) is 0 Å². The van der Waals surface area contributed by atoms with Crippen LogP contribution in [-0.2, 0) is 6.54 Å². The van der Waals surface area contributed by atoms with Crippen molar-refractivity contribution in [3.8, 4) is 0 Å². The highest BCUT2D eigenvalue weighted by Gasteiger charge is 1.91. The zero-order valence-corrected chi connectivity index (χ0v) is 8.34. The third-order valence-electron chi connectivity index (χ3n) is 1.53. The fourth-order valence-corrected chi connectivity index (χ4v) is 1.18. The standard InChI is InChI=1S/C9H12BrNO/c10-9-3-1-8(2-4-9)7-11-5-6-12/h1-4,11-12H,5-7H2. The molecule has 0 atom stereocenters. The van der Waals surface area contributed by atoms with Crippen molar-refractivity contribution < 1.29 is 5.11 Å². The molecule has 0 aliphatic heterocycles. The summed E-state index contributed by atoms with van der Waals surface area (Å²) < 4.78 is 1.09. The Morgan fingerprint density at radius 3 is 2.50 bits per heavy atom. The van der Waals surface area contributed by atoms with E-state index in [2.05, 4.69) is 33.4 Å². The topological polar surface area (TPSA) is 32.3 Å². The van der Waals surface area contributed by atoms with Crippen LogP contribution >= 0.6 is 15.9 Å². The van der Waals surface area contributed by atoms with E-state index in [0.29, 0.717) is 6.54 Å². The maximum Gasteiger partial charge on any atom is 0.0556 e. The predicted molar refractivity (Wildman–Crippen MR) is 52.9 cm³/mol. The Bertz CT molecular complexity index is 222. The van der Waals surface area contributed by atoms with Crippen molar-refractivity contribution in [1.29, 1.82) is 0 Å². The molecule has 0 spiro atoms. The lowest BCUT2D eigenvalue weighted by molar-refractivity contribution is 0.292. The van der Waals surface area contributed by atoms with Crippen LogP contribution in [0.2, 0.25) is 0 Å². The van der Waals surface area contributed by atoms with Crippen LogP contribution in [0.1, 0.15) is 5.56 Å². The van der Waals surface area contributed by atoms with Crippen LogP contribution in [0.4, 0.5) is 0 Å². The molecule has 1 aromatic carbocycles. The Balaban J connectivity index is 2.37. The molecule has 0 aliphatic carbocycles. The Morgan fingerprint density at radius 2 is 1.92 bits per heavy atom. The van der Waals surface area contributed by atoms with Crippen molar-refractivity contribution in [3.05, 3.63) is 34.3 Å². The first kappa shape index (κ1) is 9.71. The van der Waals surface area contributed by atoms with E-state index in [1.165, 1.54) is 5.56 Å². The average molecular weight is 230 g/mol. The lowest BCUT2D eigenvalue weighted by Gasteiger charge is -2.02. The van der Waals surface area contributed by atoms with Gasteiger partial charge in [0, 0.05) is 17.6 Å². The lowest BCUT2D eigenvalue weighted by Crippen LogP contribution is -2.17. The fourth-order valence-electron chi connectivity index (χ4n) is 0.914. The minimum Gasteiger partial charge on any atom is -0.395 e. The first-order chi connectivity index (χ1) is 5.83. The van der Waals surface area contributed by atoms with Crippen LogP contribution in [0.5, 0.6) is 0 Å². The Kier molecular flexibility index (Phi) is 4.29. The summed E-state index contributed by atoms with van der Waals surface area (Å²) in [5.74, 6) is 0. The van der Waals surface area contributed by atoms with Crippen molar-refractivity contribution in [2.45, 2.75) is 6.54 Å². The maximum atomic E-state index is 8.52. The highest BCUT2D eigenvalue weighted by atomic mass is 79.9. The van der Waals surface area contributed by atoms with Gasteiger partial charge in [-0.3, -0.25) is 0 Å². The van der Waals surface area contributed by atoms with E-state index < -0.39 is 0 Å². The molecule has 0 radical (unpaired) electrons. The van der Waals surface area contributed by atoms with Crippen molar-refractivity contribution in [2.75, 3.05) is 13.2 Å². The summed E-state index contributed by atoms with van der Waals surface area (Å²) in [4.78, 5) is 0. The van der Waals surface area contributed by atoms with E-state index in [1.54, 1.807) is 0 Å². The number of aliphatic hydroxyl groups excluding tert-OH is 1. The number of aliphatic hydroxyl groups is 1. The summed E-state index contributed by atoms with van der Waals surface area (Å²) in [6, 6.07) is 8.12. The van der Waals surface area contributed by atoms with Crippen LogP contribution in [-0.4, -0.2) is 18.3 Å². The van der Waals surface area contributed by atoms with Gasteiger partial charge in [-0.1, -0.05) is 28.1 Å². The second-order valence-corrected chi connectivity index (χ2v) is 3.44. The lowest BCUT2D eigenvalue weighted by atomic mass is 10.2. The largest absolute Gasteiger partial charge is 0.395 e. The minimum absolute atomic E-state index is 0.191. The predicted octanol–water partition coefficient (Wildman–Crippen LogP) is 1.53. The Labute approximate surface area is 80.7 Å². The zero-order chi connectivity index (χ0) is 8.81. The van der Waals surface area contributed by atoms with Crippen molar-refractivity contribution >= 4 is 15.9 Å². The third kappa shape index (κ3) is 3.34. The van der Waals surface area contributed by atoms with Crippen molar-refractivity contribution in [2.24, 2.45) is 0 Å². The van der Waals surface area contributed by atoms with Crippen LogP contribution in [0.25, 0.3) is 0 Å². The van der Waals surface area contributed by atoms with Crippen LogP contribution in [0, 0.1) is 0 Å². The van der Waals surface area contributed by atoms with Gasteiger partial charge in [0.25, 0.3) is 0 Å². The summed E-state index contributed by atoms with van der Waals surface area (Å²) in [6.45, 7) is 1.65. The molecule has 3 heteroatoms. The molecule has 2 N–H and O–H groups in total. The van der Waals surface area contributed by atoms with Crippen molar-refractivity contribution in [1.82, 2.24) is 5.32 Å². The second kappa shape index (κ2) is 5.30. The number of benzene rings is 1. The molecule has 0 fully saturated rings. The van der Waals surface area contributed by atoms with E-state index >= 15 is 0 Å². The normalized spacial score (nSPS) is 10.2. The maximum absolute atomic E-state index is 8.52. The molecular weight excluding hydrogens is 218 g/mol. The molecule has 0 unspecified atom stereocenters. The highest BCUT2D eigenvalue weighted by Crippen LogP contribution is 2.09. The molecule has 2 nitrogen and oxygen atoms in total. The molecule has 0 heterocycles. The van der Waals surface area contributed by atoms with E-state index in [9.17, 15) is 0 Å². The molecular formula is C9H12BrNO. The van der Waals surface area contributed by atoms with E-state index in [0.717, 1.165) is 11.0 Å². The molecule has 0 saturated carbocycles. The zero-order valence-electron chi connectivity index (χ0n) is 6.76. The van der Waals surface area contributed by atoms with Gasteiger partial charge in [0.1, 0.15) is 0 Å². The Morgan fingerprint density at radius 1 is 1.25 bits per heavy atom. The molecule has 0 bridgehead atoms. The molecule has 1 aromatic rings. The van der Waals surface area contributed by atoms with Gasteiger partial charge in [0.05, 0.1) is 6.61 Å². The molecule has 0 amide bonds. The van der Waals surface area contributed by atoms with Gasteiger partial charge >= 0.3 is 0 Å². The molecule has 66 valence electrons. The van der Waals surface area contributed by atoms with E-state index in [1.807, 2.05) is 12.1 Å². The van der Waals surface area contributed by atoms with Gasteiger partial charge < -0.3 is 10.4 Å². The van der Waals surface area contributed by atoms with Crippen LogP contribution in [0.3, 0.4) is 0 Å². The quantitative estimate of drug-likeness (QED) is 0.769. The molecule has 0 saturated heterocycles. The third-order valence-corrected chi connectivity index (χ3v) is 2.06. The molecule has 1 rings (SSSR count).